The summed E-state index contributed by atoms with van der Waals surface area (Å²) in [6, 6.07) is 1.85. The van der Waals surface area contributed by atoms with Crippen LogP contribution < -0.4 is 5.73 Å². The molecule has 0 saturated carbocycles. The van der Waals surface area contributed by atoms with Crippen molar-refractivity contribution in [2.75, 3.05) is 5.73 Å². The maximum Gasteiger partial charge on any atom is 0.197 e. The van der Waals surface area contributed by atoms with E-state index < -0.39 is 0 Å². The summed E-state index contributed by atoms with van der Waals surface area (Å²) in [5, 5.41) is 0. The first-order chi connectivity index (χ1) is 4.86. The van der Waals surface area contributed by atoms with Crippen molar-refractivity contribution in [3.05, 3.63) is 18.5 Å². The quantitative estimate of drug-likeness (QED) is 0.551. The monoisotopic (exact) mass is 134 g/mol. The summed E-state index contributed by atoms with van der Waals surface area (Å²) in [7, 11) is 0. The lowest BCUT2D eigenvalue weighted by Gasteiger charge is -1.96. The normalized spacial score (nSPS) is 10.4. The van der Waals surface area contributed by atoms with Crippen LogP contribution in [0, 0.1) is 0 Å². The molecule has 2 aliphatic heterocycles. The number of rotatable bonds is 0. The molecule has 2 heterocycles. The van der Waals surface area contributed by atoms with E-state index in [1.165, 1.54) is 0 Å². The van der Waals surface area contributed by atoms with Gasteiger partial charge in [0, 0.05) is 6.20 Å². The number of aromatic amines is 1. The van der Waals surface area contributed by atoms with Crippen molar-refractivity contribution in [2.24, 2.45) is 0 Å². The molecule has 0 fully saturated rings. The van der Waals surface area contributed by atoms with Gasteiger partial charge in [0.1, 0.15) is 5.69 Å². The Morgan fingerprint density at radius 2 is 2.30 bits per heavy atom. The minimum absolute atomic E-state index is 0.417. The second-order valence-corrected chi connectivity index (χ2v) is 2.01. The predicted molar refractivity (Wildman–Crippen MR) is 37.4 cm³/mol. The summed E-state index contributed by atoms with van der Waals surface area (Å²) in [5.74, 6) is 0.417. The molecule has 10 heavy (non-hydrogen) atoms. The van der Waals surface area contributed by atoms with Crippen molar-refractivity contribution in [3.63, 3.8) is 0 Å². The van der Waals surface area contributed by atoms with Crippen LogP contribution in [0.4, 0.5) is 5.95 Å². The lowest BCUT2D eigenvalue weighted by atomic mass is 10.3. The molecule has 4 heteroatoms. The lowest BCUT2D eigenvalue weighted by Crippen LogP contribution is -1.95. The number of nitrogen functional groups attached to an aromatic ring is 1. The molecule has 2 rings (SSSR count). The fourth-order valence-corrected chi connectivity index (χ4v) is 0.857. The van der Waals surface area contributed by atoms with Gasteiger partial charge in [-0.25, -0.2) is 4.98 Å². The highest BCUT2D eigenvalue weighted by Gasteiger charge is 2.02. The summed E-state index contributed by atoms with van der Waals surface area (Å²) in [4.78, 5) is 10.7. The van der Waals surface area contributed by atoms with Crippen molar-refractivity contribution in [1.82, 2.24) is 15.0 Å². The van der Waals surface area contributed by atoms with Crippen molar-refractivity contribution >= 4 is 5.95 Å². The number of fused-ring (bicyclic) bond motifs is 1. The van der Waals surface area contributed by atoms with Gasteiger partial charge in [-0.3, -0.25) is 4.98 Å². The van der Waals surface area contributed by atoms with Crippen molar-refractivity contribution < 1.29 is 0 Å². The zero-order valence-electron chi connectivity index (χ0n) is 5.20. The smallest absolute Gasteiger partial charge is 0.197 e. The summed E-state index contributed by atoms with van der Waals surface area (Å²) in [5.41, 5.74) is 7.15. The van der Waals surface area contributed by atoms with Crippen LogP contribution >= 0.6 is 0 Å². The fourth-order valence-electron chi connectivity index (χ4n) is 0.857. The Balaban J connectivity index is 2.75. The van der Waals surface area contributed by atoms with Gasteiger partial charge in [-0.2, -0.15) is 0 Å². The third-order valence-electron chi connectivity index (χ3n) is 1.32. The van der Waals surface area contributed by atoms with E-state index in [-0.39, 0.29) is 0 Å². The van der Waals surface area contributed by atoms with Gasteiger partial charge in [-0.15, -0.1) is 0 Å². The van der Waals surface area contributed by atoms with Crippen LogP contribution in [0.25, 0.3) is 11.4 Å². The Morgan fingerprint density at radius 3 is 3.20 bits per heavy atom. The van der Waals surface area contributed by atoms with Crippen LogP contribution in [0.2, 0.25) is 0 Å². The number of aromatic nitrogens is 3. The number of hydrogen-bond donors (Lipinski definition) is 2. The predicted octanol–water partition coefficient (Wildman–Crippen LogP) is 0.492. The van der Waals surface area contributed by atoms with Crippen LogP contribution in [0.3, 0.4) is 0 Å². The molecule has 50 valence electrons. The number of hydrogen-bond acceptors (Lipinski definition) is 3. The molecule has 0 aromatic rings. The molecular formula is C6H6N4. The van der Waals surface area contributed by atoms with Crippen molar-refractivity contribution in [1.29, 1.82) is 0 Å². The van der Waals surface area contributed by atoms with Gasteiger partial charge in [-0.05, 0) is 6.07 Å². The molecule has 4 nitrogen and oxygen atoms in total. The second kappa shape index (κ2) is 1.70. The average Bonchev–Trinajstić information content (AvgIpc) is 2.33. The zero-order chi connectivity index (χ0) is 6.97. The van der Waals surface area contributed by atoms with Crippen molar-refractivity contribution in [3.8, 4) is 11.4 Å². The average molecular weight is 134 g/mol. The fraction of sp³-hybridized carbons (Fsp3) is 0. The molecule has 0 saturated heterocycles. The Kier molecular flexibility index (Phi) is 0.887. The molecule has 0 unspecified atom stereocenters. The molecule has 0 amide bonds. The van der Waals surface area contributed by atoms with Crippen molar-refractivity contribution in [2.45, 2.75) is 0 Å². The minimum atomic E-state index is 0.417. The minimum Gasteiger partial charge on any atom is -0.369 e. The highest BCUT2D eigenvalue weighted by molar-refractivity contribution is 5.56. The van der Waals surface area contributed by atoms with Gasteiger partial charge in [0.15, 0.2) is 5.95 Å². The molecule has 0 aromatic heterocycles. The number of anilines is 1. The van der Waals surface area contributed by atoms with E-state index in [0.717, 1.165) is 11.4 Å². The van der Waals surface area contributed by atoms with Gasteiger partial charge in [0.25, 0.3) is 0 Å². The largest absolute Gasteiger partial charge is 0.369 e. The van der Waals surface area contributed by atoms with E-state index in [9.17, 15) is 0 Å². The first-order valence-corrected chi connectivity index (χ1v) is 2.91. The lowest BCUT2D eigenvalue weighted by molar-refractivity contribution is 1.17. The molecule has 0 spiro atoms. The SMILES string of the molecule is Nc1ncc2nccc-2[nH]1. The Bertz CT molecular complexity index is 314. The number of nitrogens with zero attached hydrogens (tertiary/aromatic N) is 2. The summed E-state index contributed by atoms with van der Waals surface area (Å²) in [6.45, 7) is 0. The third-order valence-corrected chi connectivity index (χ3v) is 1.32. The molecule has 0 atom stereocenters. The summed E-state index contributed by atoms with van der Waals surface area (Å²) < 4.78 is 0. The second-order valence-electron chi connectivity index (χ2n) is 2.01. The van der Waals surface area contributed by atoms with E-state index in [0.29, 0.717) is 5.95 Å². The van der Waals surface area contributed by atoms with Crippen LogP contribution in [-0.4, -0.2) is 15.0 Å². The van der Waals surface area contributed by atoms with Crippen LogP contribution in [0.15, 0.2) is 18.5 Å². The molecule has 0 radical (unpaired) electrons. The maximum absolute atomic E-state index is 5.39. The van der Waals surface area contributed by atoms with Crippen LogP contribution in [0.5, 0.6) is 0 Å². The van der Waals surface area contributed by atoms with E-state index in [2.05, 4.69) is 15.0 Å². The van der Waals surface area contributed by atoms with Gasteiger partial charge in [0.2, 0.25) is 0 Å². The molecular weight excluding hydrogens is 128 g/mol. The first-order valence-electron chi connectivity index (χ1n) is 2.91. The topological polar surface area (TPSA) is 67.6 Å². The van der Waals surface area contributed by atoms with E-state index in [1.54, 1.807) is 12.4 Å². The summed E-state index contributed by atoms with van der Waals surface area (Å²) >= 11 is 0. The molecule has 0 bridgehead atoms. The van der Waals surface area contributed by atoms with E-state index >= 15 is 0 Å². The highest BCUT2D eigenvalue weighted by atomic mass is 15.0. The van der Waals surface area contributed by atoms with Gasteiger partial charge in [-0.1, -0.05) is 0 Å². The summed E-state index contributed by atoms with van der Waals surface area (Å²) in [6.07, 6.45) is 3.35. The van der Waals surface area contributed by atoms with E-state index in [1.807, 2.05) is 6.07 Å². The van der Waals surface area contributed by atoms with Crippen LogP contribution in [0.1, 0.15) is 0 Å². The number of nitrogens with one attached hydrogen (secondary N) is 1. The van der Waals surface area contributed by atoms with Gasteiger partial charge < -0.3 is 10.7 Å². The molecule has 0 aromatic carbocycles. The van der Waals surface area contributed by atoms with Gasteiger partial charge in [0.05, 0.1) is 11.9 Å². The Morgan fingerprint density at radius 1 is 1.40 bits per heavy atom. The Labute approximate surface area is 57.5 Å². The Hall–Kier alpha value is -1.58. The number of nitrogens with two attached hydrogens (primary N) is 1. The zero-order valence-corrected chi connectivity index (χ0v) is 5.20. The van der Waals surface area contributed by atoms with Gasteiger partial charge >= 0.3 is 0 Å². The third kappa shape index (κ3) is 0.621. The molecule has 0 aliphatic carbocycles. The maximum atomic E-state index is 5.39. The van der Waals surface area contributed by atoms with E-state index in [4.69, 9.17) is 5.73 Å². The molecule has 2 aliphatic rings. The highest BCUT2D eigenvalue weighted by Crippen LogP contribution is 2.15. The van der Waals surface area contributed by atoms with Crippen LogP contribution in [-0.2, 0) is 0 Å². The number of H-pyrrole nitrogens is 1. The first kappa shape index (κ1) is 5.22. The standard InChI is InChI=1S/C6H6N4/c7-6-9-3-5-4(10-6)1-2-8-5/h1-3H,(H3,7,9,10). The molecule has 3 N–H and O–H groups in total.